The Hall–Kier alpha value is -3.12. The molecule has 0 spiro atoms. The molecule has 2 heterocycles. The first-order chi connectivity index (χ1) is 13.2. The molecule has 6 nitrogen and oxygen atoms in total. The average molecular weight is 362 g/mol. The number of hydrogen-bond acceptors (Lipinski definition) is 4. The highest BCUT2D eigenvalue weighted by Crippen LogP contribution is 2.31. The number of aromatic amines is 1. The summed E-state index contributed by atoms with van der Waals surface area (Å²) in [5.74, 6) is -0.493. The summed E-state index contributed by atoms with van der Waals surface area (Å²) in [6.45, 7) is 1.80. The zero-order chi connectivity index (χ0) is 18.6. The number of fused-ring (bicyclic) bond motifs is 1. The molecule has 0 aliphatic carbocycles. The molecule has 0 radical (unpaired) electrons. The molecule has 0 saturated heterocycles. The minimum atomic E-state index is -0.493. The molecule has 0 saturated carbocycles. The van der Waals surface area contributed by atoms with Gasteiger partial charge < -0.3 is 4.90 Å². The van der Waals surface area contributed by atoms with Gasteiger partial charge in [0.05, 0.1) is 5.69 Å². The first-order valence-corrected chi connectivity index (χ1v) is 9.15. The van der Waals surface area contributed by atoms with Crippen molar-refractivity contribution in [1.29, 1.82) is 0 Å². The Morgan fingerprint density at radius 1 is 1.15 bits per heavy atom. The lowest BCUT2D eigenvalue weighted by molar-refractivity contribution is 0.0706. The van der Waals surface area contributed by atoms with Crippen LogP contribution < -0.4 is 10.4 Å². The molecule has 6 heteroatoms. The van der Waals surface area contributed by atoms with Crippen molar-refractivity contribution in [3.8, 4) is 11.3 Å². The van der Waals surface area contributed by atoms with E-state index >= 15 is 0 Å². The number of aromatic nitrogens is 2. The molecule has 0 bridgehead atoms. The van der Waals surface area contributed by atoms with Gasteiger partial charge >= 0.3 is 0 Å². The topological polar surface area (TPSA) is 81.2 Å². The van der Waals surface area contributed by atoms with Crippen molar-refractivity contribution in [2.45, 2.75) is 25.8 Å². The second kappa shape index (κ2) is 7.63. The van der Waals surface area contributed by atoms with Gasteiger partial charge in [-0.25, -0.2) is 5.48 Å². The van der Waals surface area contributed by atoms with E-state index in [1.54, 1.807) is 23.8 Å². The third-order valence-electron chi connectivity index (χ3n) is 5.05. The number of carbonyl (C=O) groups excluding carboxylic acids is 1. The SMILES string of the molecule is O=C(NO)c1ccc(CN2CCCCc3cc(-c4ccn[nH]4)ccc32)cc1. The van der Waals surface area contributed by atoms with Crippen LogP contribution in [0.2, 0.25) is 0 Å². The van der Waals surface area contributed by atoms with E-state index in [-0.39, 0.29) is 0 Å². The molecule has 138 valence electrons. The Kier molecular flexibility index (Phi) is 4.89. The predicted molar refractivity (Wildman–Crippen MR) is 104 cm³/mol. The first-order valence-electron chi connectivity index (χ1n) is 9.15. The molecule has 0 unspecified atom stereocenters. The van der Waals surface area contributed by atoms with Crippen molar-refractivity contribution in [1.82, 2.24) is 15.7 Å². The lowest BCUT2D eigenvalue weighted by atomic mass is 10.0. The van der Waals surface area contributed by atoms with Crippen molar-refractivity contribution in [2.75, 3.05) is 11.4 Å². The minimum absolute atomic E-state index is 0.446. The second-order valence-corrected chi connectivity index (χ2v) is 6.83. The van der Waals surface area contributed by atoms with Gasteiger partial charge in [0.2, 0.25) is 0 Å². The molecule has 1 aliphatic heterocycles. The smallest absolute Gasteiger partial charge is 0.274 e. The maximum absolute atomic E-state index is 11.5. The number of aryl methyl sites for hydroxylation is 1. The highest BCUT2D eigenvalue weighted by molar-refractivity contribution is 5.93. The van der Waals surface area contributed by atoms with Crippen molar-refractivity contribution in [2.24, 2.45) is 0 Å². The van der Waals surface area contributed by atoms with Crippen LogP contribution in [0.3, 0.4) is 0 Å². The Labute approximate surface area is 157 Å². The summed E-state index contributed by atoms with van der Waals surface area (Å²) in [6.07, 6.45) is 5.17. The van der Waals surface area contributed by atoms with E-state index in [1.165, 1.54) is 17.7 Å². The number of hydroxylamine groups is 1. The van der Waals surface area contributed by atoms with E-state index in [0.717, 1.165) is 42.8 Å². The summed E-state index contributed by atoms with van der Waals surface area (Å²) in [5, 5.41) is 15.8. The number of rotatable bonds is 4. The fourth-order valence-corrected chi connectivity index (χ4v) is 3.63. The molecule has 1 aliphatic rings. The molecular weight excluding hydrogens is 340 g/mol. The number of nitrogens with zero attached hydrogens (tertiary/aromatic N) is 2. The Morgan fingerprint density at radius 2 is 2.00 bits per heavy atom. The fraction of sp³-hybridized carbons (Fsp3) is 0.238. The van der Waals surface area contributed by atoms with Crippen LogP contribution in [0.15, 0.2) is 54.7 Å². The van der Waals surface area contributed by atoms with E-state index in [0.29, 0.717) is 5.56 Å². The number of H-pyrrole nitrogens is 1. The number of nitrogens with one attached hydrogen (secondary N) is 2. The second-order valence-electron chi connectivity index (χ2n) is 6.83. The maximum atomic E-state index is 11.5. The molecule has 3 N–H and O–H groups in total. The lowest BCUT2D eigenvalue weighted by Gasteiger charge is -2.25. The Morgan fingerprint density at radius 3 is 2.74 bits per heavy atom. The van der Waals surface area contributed by atoms with Crippen LogP contribution in [-0.2, 0) is 13.0 Å². The Balaban J connectivity index is 1.58. The van der Waals surface area contributed by atoms with Gasteiger partial charge in [-0.05, 0) is 66.3 Å². The summed E-state index contributed by atoms with van der Waals surface area (Å²) in [4.78, 5) is 13.9. The van der Waals surface area contributed by atoms with Crippen molar-refractivity contribution >= 4 is 11.6 Å². The summed E-state index contributed by atoms with van der Waals surface area (Å²) < 4.78 is 0. The largest absolute Gasteiger partial charge is 0.367 e. The zero-order valence-corrected chi connectivity index (χ0v) is 15.0. The van der Waals surface area contributed by atoms with E-state index in [2.05, 4.69) is 33.3 Å². The number of benzene rings is 2. The van der Waals surface area contributed by atoms with Gasteiger partial charge in [-0.3, -0.25) is 15.1 Å². The van der Waals surface area contributed by atoms with Gasteiger partial charge in [0.15, 0.2) is 0 Å². The van der Waals surface area contributed by atoms with Gasteiger partial charge in [0.1, 0.15) is 0 Å². The first kappa shape index (κ1) is 17.3. The van der Waals surface area contributed by atoms with Crippen LogP contribution in [0, 0.1) is 0 Å². The summed E-state index contributed by atoms with van der Waals surface area (Å²) in [5.41, 5.74) is 8.07. The monoisotopic (exact) mass is 362 g/mol. The van der Waals surface area contributed by atoms with Crippen LogP contribution >= 0.6 is 0 Å². The molecule has 0 fully saturated rings. The van der Waals surface area contributed by atoms with E-state index in [9.17, 15) is 4.79 Å². The summed E-state index contributed by atoms with van der Waals surface area (Å²) in [6, 6.07) is 15.9. The standard InChI is InChI=1S/C21H22N4O2/c26-21(24-27)16-6-4-15(5-7-16)14-25-12-2-1-3-18-13-17(8-9-20(18)25)19-10-11-22-23-19/h4-11,13,27H,1-3,12,14H2,(H,22,23)(H,24,26). The van der Waals surface area contributed by atoms with Crippen LogP contribution in [0.25, 0.3) is 11.3 Å². The van der Waals surface area contributed by atoms with Gasteiger partial charge in [0.25, 0.3) is 5.91 Å². The van der Waals surface area contributed by atoms with Crippen LogP contribution in [-0.4, -0.2) is 27.9 Å². The molecular formula is C21H22N4O2. The van der Waals surface area contributed by atoms with Crippen molar-refractivity contribution < 1.29 is 10.0 Å². The summed E-state index contributed by atoms with van der Waals surface area (Å²) in [7, 11) is 0. The lowest BCUT2D eigenvalue weighted by Crippen LogP contribution is -2.23. The van der Waals surface area contributed by atoms with Crippen LogP contribution in [0.1, 0.15) is 34.3 Å². The Bertz CT molecular complexity index is 920. The van der Waals surface area contributed by atoms with Crippen LogP contribution in [0.4, 0.5) is 5.69 Å². The molecule has 3 aromatic rings. The zero-order valence-electron chi connectivity index (χ0n) is 15.0. The van der Waals surface area contributed by atoms with Gasteiger partial charge in [0, 0.05) is 30.5 Å². The summed E-state index contributed by atoms with van der Waals surface area (Å²) >= 11 is 0. The molecule has 1 aromatic heterocycles. The van der Waals surface area contributed by atoms with Crippen molar-refractivity contribution in [3.05, 3.63) is 71.4 Å². The number of hydrogen-bond donors (Lipinski definition) is 3. The van der Waals surface area contributed by atoms with Gasteiger partial charge in [-0.1, -0.05) is 18.2 Å². The van der Waals surface area contributed by atoms with E-state index in [1.807, 2.05) is 18.2 Å². The van der Waals surface area contributed by atoms with Gasteiger partial charge in [-0.2, -0.15) is 5.10 Å². The number of carbonyl (C=O) groups is 1. The average Bonchev–Trinajstić information content (AvgIpc) is 3.18. The molecule has 0 atom stereocenters. The molecule has 1 amide bonds. The van der Waals surface area contributed by atoms with E-state index < -0.39 is 5.91 Å². The number of amides is 1. The highest BCUT2D eigenvalue weighted by Gasteiger charge is 2.17. The number of anilines is 1. The molecule has 2 aromatic carbocycles. The third-order valence-corrected chi connectivity index (χ3v) is 5.05. The molecule has 27 heavy (non-hydrogen) atoms. The highest BCUT2D eigenvalue weighted by atomic mass is 16.5. The maximum Gasteiger partial charge on any atom is 0.274 e. The van der Waals surface area contributed by atoms with E-state index in [4.69, 9.17) is 5.21 Å². The third kappa shape index (κ3) is 3.71. The fourth-order valence-electron chi connectivity index (χ4n) is 3.63. The quantitative estimate of drug-likeness (QED) is 0.490. The van der Waals surface area contributed by atoms with Crippen LogP contribution in [0.5, 0.6) is 0 Å². The molecule has 4 rings (SSSR count). The predicted octanol–water partition coefficient (Wildman–Crippen LogP) is 3.54. The van der Waals surface area contributed by atoms with Gasteiger partial charge in [-0.15, -0.1) is 0 Å². The normalized spacial score (nSPS) is 13.7. The van der Waals surface area contributed by atoms with Crippen molar-refractivity contribution in [3.63, 3.8) is 0 Å². The minimum Gasteiger partial charge on any atom is -0.367 e.